The molecule has 1 N–H and O–H groups in total. The summed E-state index contributed by atoms with van der Waals surface area (Å²) in [6.45, 7) is 4.50. The van der Waals surface area contributed by atoms with E-state index >= 15 is 0 Å². The molecule has 1 aromatic rings. The molecule has 0 heterocycles. The van der Waals surface area contributed by atoms with E-state index in [0.717, 1.165) is 24.7 Å². The number of hydrogen-bond donors (Lipinski definition) is 1. The highest BCUT2D eigenvalue weighted by Crippen LogP contribution is 2.45. The van der Waals surface area contributed by atoms with E-state index in [9.17, 15) is 9.50 Å². The number of halogens is 2. The highest BCUT2D eigenvalue weighted by Gasteiger charge is 2.37. The molecule has 0 saturated heterocycles. The summed E-state index contributed by atoms with van der Waals surface area (Å²) in [5, 5.41) is 11.2. The molecule has 0 amide bonds. The SMILES string of the molecule is CCCC1CCC(CCC2CCC(O)(c3ccc(OCC)c(F)c3Cl)CC2)CC1. The van der Waals surface area contributed by atoms with Gasteiger partial charge >= 0.3 is 0 Å². The van der Waals surface area contributed by atoms with Crippen LogP contribution in [0.2, 0.25) is 5.02 Å². The third-order valence-electron chi connectivity index (χ3n) is 7.43. The van der Waals surface area contributed by atoms with Crippen molar-refractivity contribution in [2.24, 2.45) is 17.8 Å². The first-order chi connectivity index (χ1) is 14.0. The van der Waals surface area contributed by atoms with E-state index in [4.69, 9.17) is 16.3 Å². The first-order valence-corrected chi connectivity index (χ1v) is 12.2. The van der Waals surface area contributed by atoms with E-state index in [2.05, 4.69) is 6.92 Å². The van der Waals surface area contributed by atoms with Crippen LogP contribution in [0.1, 0.15) is 96.5 Å². The summed E-state index contributed by atoms with van der Waals surface area (Å²) < 4.78 is 19.8. The Bertz CT molecular complexity index is 646. The van der Waals surface area contributed by atoms with E-state index in [1.807, 2.05) is 6.92 Å². The Morgan fingerprint density at radius 1 is 0.966 bits per heavy atom. The van der Waals surface area contributed by atoms with Gasteiger partial charge in [0.1, 0.15) is 0 Å². The molecule has 0 bridgehead atoms. The van der Waals surface area contributed by atoms with E-state index < -0.39 is 11.4 Å². The smallest absolute Gasteiger partial charge is 0.183 e. The van der Waals surface area contributed by atoms with Crippen LogP contribution < -0.4 is 4.74 Å². The van der Waals surface area contributed by atoms with Crippen molar-refractivity contribution < 1.29 is 14.2 Å². The Balaban J connectivity index is 1.49. The predicted octanol–water partition coefficient (Wildman–Crippen LogP) is 7.64. The minimum absolute atomic E-state index is 0.0146. The van der Waals surface area contributed by atoms with Crippen LogP contribution in [0.5, 0.6) is 5.75 Å². The van der Waals surface area contributed by atoms with Crippen LogP contribution >= 0.6 is 11.6 Å². The lowest BCUT2D eigenvalue weighted by Gasteiger charge is -2.38. The molecule has 29 heavy (non-hydrogen) atoms. The quantitative estimate of drug-likeness (QED) is 0.464. The van der Waals surface area contributed by atoms with Crippen LogP contribution in [0.15, 0.2) is 12.1 Å². The molecular formula is C25H38ClFO2. The third-order valence-corrected chi connectivity index (χ3v) is 7.80. The van der Waals surface area contributed by atoms with Crippen LogP contribution in [0.25, 0.3) is 0 Å². The van der Waals surface area contributed by atoms with Gasteiger partial charge in [0.25, 0.3) is 0 Å². The number of ether oxygens (including phenoxy) is 1. The standard InChI is InChI=1S/C25H38ClFO2/c1-3-5-18-6-8-19(9-7-18)10-11-20-14-16-25(28,17-15-20)21-12-13-22(29-4-2)24(27)23(21)26/h12-13,18-20,28H,3-11,14-17H2,1-2H3. The zero-order valence-electron chi connectivity index (χ0n) is 18.2. The minimum Gasteiger partial charge on any atom is -0.491 e. The Hall–Kier alpha value is -0.800. The normalized spacial score (nSPS) is 30.3. The van der Waals surface area contributed by atoms with E-state index in [1.165, 1.54) is 51.4 Å². The van der Waals surface area contributed by atoms with E-state index in [-0.39, 0.29) is 10.8 Å². The van der Waals surface area contributed by atoms with Crippen LogP contribution in [-0.4, -0.2) is 11.7 Å². The summed E-state index contributed by atoms with van der Waals surface area (Å²) in [6.07, 6.45) is 14.3. The summed E-state index contributed by atoms with van der Waals surface area (Å²) >= 11 is 6.28. The fraction of sp³-hybridized carbons (Fsp3) is 0.760. The van der Waals surface area contributed by atoms with Gasteiger partial charge in [0, 0.05) is 5.56 Å². The lowest BCUT2D eigenvalue weighted by atomic mass is 9.72. The molecule has 3 rings (SSSR count). The average molecular weight is 425 g/mol. The zero-order valence-corrected chi connectivity index (χ0v) is 18.9. The van der Waals surface area contributed by atoms with Crippen LogP contribution in [0.3, 0.4) is 0 Å². The maximum Gasteiger partial charge on any atom is 0.183 e. The molecule has 0 aliphatic heterocycles. The molecule has 0 atom stereocenters. The minimum atomic E-state index is -1.02. The van der Waals surface area contributed by atoms with Crippen molar-refractivity contribution in [2.75, 3.05) is 6.61 Å². The highest BCUT2D eigenvalue weighted by molar-refractivity contribution is 6.31. The molecule has 1 aromatic carbocycles. The van der Waals surface area contributed by atoms with Gasteiger partial charge in [-0.2, -0.15) is 0 Å². The van der Waals surface area contributed by atoms with Gasteiger partial charge < -0.3 is 9.84 Å². The van der Waals surface area contributed by atoms with Crippen LogP contribution in [-0.2, 0) is 5.60 Å². The van der Waals surface area contributed by atoms with Gasteiger partial charge in [0.2, 0.25) is 0 Å². The maximum absolute atomic E-state index is 14.5. The van der Waals surface area contributed by atoms with Crippen LogP contribution in [0, 0.1) is 23.6 Å². The fourth-order valence-electron chi connectivity index (χ4n) is 5.56. The first kappa shape index (κ1) is 22.9. The van der Waals surface area contributed by atoms with Gasteiger partial charge in [-0.1, -0.05) is 76.0 Å². The third kappa shape index (κ3) is 5.67. The summed E-state index contributed by atoms with van der Waals surface area (Å²) in [5.41, 5.74) is -0.495. The van der Waals surface area contributed by atoms with Crippen molar-refractivity contribution in [2.45, 2.75) is 96.5 Å². The topological polar surface area (TPSA) is 29.5 Å². The molecule has 0 radical (unpaired) electrons. The molecule has 2 fully saturated rings. The average Bonchev–Trinajstić information content (AvgIpc) is 2.72. The molecule has 2 aliphatic carbocycles. The number of benzene rings is 1. The van der Waals surface area contributed by atoms with Gasteiger partial charge in [-0.25, -0.2) is 4.39 Å². The van der Waals surface area contributed by atoms with Crippen molar-refractivity contribution in [3.63, 3.8) is 0 Å². The number of hydrogen-bond acceptors (Lipinski definition) is 2. The maximum atomic E-state index is 14.5. The van der Waals surface area contributed by atoms with Crippen molar-refractivity contribution in [3.8, 4) is 5.75 Å². The summed E-state index contributed by atoms with van der Waals surface area (Å²) in [4.78, 5) is 0. The van der Waals surface area contributed by atoms with Crippen LogP contribution in [0.4, 0.5) is 4.39 Å². The summed E-state index contributed by atoms with van der Waals surface area (Å²) in [7, 11) is 0. The molecule has 0 unspecified atom stereocenters. The lowest BCUT2D eigenvalue weighted by Crippen LogP contribution is -2.32. The monoisotopic (exact) mass is 424 g/mol. The van der Waals surface area contributed by atoms with Crippen molar-refractivity contribution in [3.05, 3.63) is 28.5 Å². The van der Waals surface area contributed by atoms with Gasteiger partial charge in [0.15, 0.2) is 11.6 Å². The van der Waals surface area contributed by atoms with Gasteiger partial charge in [0.05, 0.1) is 17.2 Å². The van der Waals surface area contributed by atoms with Crippen molar-refractivity contribution in [1.29, 1.82) is 0 Å². The van der Waals surface area contributed by atoms with Gasteiger partial charge in [-0.05, 0) is 56.4 Å². The van der Waals surface area contributed by atoms with Crippen molar-refractivity contribution >= 4 is 11.6 Å². The Morgan fingerprint density at radius 3 is 2.07 bits per heavy atom. The highest BCUT2D eigenvalue weighted by atomic mass is 35.5. The molecule has 164 valence electrons. The summed E-state index contributed by atoms with van der Waals surface area (Å²) in [5.74, 6) is 2.15. The Labute approximate surface area is 181 Å². The zero-order chi connectivity index (χ0) is 20.9. The second-order valence-corrected chi connectivity index (χ2v) is 9.78. The Kier molecular flexibility index (Phi) is 8.27. The van der Waals surface area contributed by atoms with E-state index in [0.29, 0.717) is 30.9 Å². The molecular weight excluding hydrogens is 387 g/mol. The summed E-state index contributed by atoms with van der Waals surface area (Å²) in [6, 6.07) is 3.34. The Morgan fingerprint density at radius 2 is 1.52 bits per heavy atom. The second-order valence-electron chi connectivity index (χ2n) is 9.40. The molecule has 0 aromatic heterocycles. The molecule has 0 spiro atoms. The first-order valence-electron chi connectivity index (χ1n) is 11.8. The largest absolute Gasteiger partial charge is 0.491 e. The van der Waals surface area contributed by atoms with Gasteiger partial charge in [-0.3, -0.25) is 0 Å². The number of rotatable bonds is 8. The van der Waals surface area contributed by atoms with Gasteiger partial charge in [-0.15, -0.1) is 0 Å². The van der Waals surface area contributed by atoms with Crippen molar-refractivity contribution in [1.82, 2.24) is 0 Å². The molecule has 2 aliphatic rings. The predicted molar refractivity (Wildman–Crippen MR) is 118 cm³/mol. The molecule has 2 nitrogen and oxygen atoms in total. The lowest BCUT2D eigenvalue weighted by molar-refractivity contribution is -0.0162. The fourth-order valence-corrected chi connectivity index (χ4v) is 5.89. The molecule has 2 saturated carbocycles. The number of aliphatic hydroxyl groups is 1. The second kappa shape index (κ2) is 10.5. The molecule has 4 heteroatoms. The van der Waals surface area contributed by atoms with E-state index in [1.54, 1.807) is 12.1 Å².